The molecule has 0 saturated carbocycles. The molecule has 2 aromatic carbocycles. The van der Waals surface area contributed by atoms with Crippen molar-refractivity contribution in [2.75, 3.05) is 0 Å². The third kappa shape index (κ3) is 4.92. The molecule has 0 radical (unpaired) electrons. The van der Waals surface area contributed by atoms with Crippen LogP contribution in [0.5, 0.6) is 0 Å². The van der Waals surface area contributed by atoms with Gasteiger partial charge in [0.25, 0.3) is 0 Å². The monoisotopic (exact) mass is 615 g/mol. The van der Waals surface area contributed by atoms with Crippen LogP contribution in [0.25, 0.3) is 37.4 Å². The Kier molecular flexibility index (Phi) is 7.93. The zero-order valence-corrected chi connectivity index (χ0v) is 19.3. The van der Waals surface area contributed by atoms with E-state index >= 15 is 0 Å². The number of benzene rings is 2. The van der Waals surface area contributed by atoms with E-state index in [1.165, 1.54) is 0 Å². The maximum absolute atomic E-state index is 9.09. The summed E-state index contributed by atoms with van der Waals surface area (Å²) >= 11 is 8.72. The average molecular weight is 616 g/mol. The predicted molar refractivity (Wildman–Crippen MR) is 118 cm³/mol. The van der Waals surface area contributed by atoms with Crippen LogP contribution < -0.4 is 0 Å². The molecular formula is C22H8N6PtS2. The first-order chi connectivity index (χ1) is 14.5. The van der Waals surface area contributed by atoms with Crippen LogP contribution in [0, 0.1) is 40.6 Å². The summed E-state index contributed by atoms with van der Waals surface area (Å²) in [6, 6.07) is 20.9. The molecule has 31 heavy (non-hydrogen) atoms. The number of allylic oxidation sites excluding steroid dienone is 1. The van der Waals surface area contributed by atoms with Gasteiger partial charge >= 0.3 is 21.1 Å². The SMILES string of the molecule is N#Cc1ccc2ccc3ccc4ccc(C#N)nc4c3c2n1.[C-]#[N+]C([S-])=C([S-])C#N.[Pt+2]. The number of hydrogen-bond donors (Lipinski definition) is 0. The Balaban J connectivity index is 0.000000329. The van der Waals surface area contributed by atoms with Crippen molar-refractivity contribution in [3.8, 4) is 18.2 Å². The summed E-state index contributed by atoms with van der Waals surface area (Å²) in [7, 11) is 0. The fraction of sp³-hybridized carbons (Fsp3) is 0. The van der Waals surface area contributed by atoms with Gasteiger partial charge < -0.3 is 25.3 Å². The van der Waals surface area contributed by atoms with Crippen LogP contribution in [0.15, 0.2) is 58.5 Å². The molecule has 0 fully saturated rings. The summed E-state index contributed by atoms with van der Waals surface area (Å²) in [5, 5.41) is 29.8. The van der Waals surface area contributed by atoms with Crippen molar-refractivity contribution in [1.29, 1.82) is 15.8 Å². The zero-order chi connectivity index (χ0) is 21.7. The number of nitrogens with zero attached hydrogens (tertiary/aromatic N) is 6. The summed E-state index contributed by atoms with van der Waals surface area (Å²) in [6.45, 7) is 6.29. The van der Waals surface area contributed by atoms with Gasteiger partial charge in [0.2, 0.25) is 0 Å². The largest absolute Gasteiger partial charge is 2.00 e. The maximum atomic E-state index is 9.09. The zero-order valence-electron chi connectivity index (χ0n) is 15.4. The maximum Gasteiger partial charge on any atom is 2.00 e. The van der Waals surface area contributed by atoms with Crippen molar-refractivity contribution in [1.82, 2.24) is 9.97 Å². The van der Waals surface area contributed by atoms with Crippen LogP contribution >= 0.6 is 0 Å². The fourth-order valence-electron chi connectivity index (χ4n) is 2.80. The molecule has 2 aromatic heterocycles. The van der Waals surface area contributed by atoms with Crippen molar-refractivity contribution < 1.29 is 21.1 Å². The van der Waals surface area contributed by atoms with E-state index in [4.69, 9.17) is 22.4 Å². The normalized spacial score (nSPS) is 10.3. The molecular weight excluding hydrogens is 607 g/mol. The number of nitriles is 3. The number of rotatable bonds is 0. The minimum atomic E-state index is -0.123. The predicted octanol–water partition coefficient (Wildman–Crippen LogP) is 4.37. The molecule has 6 nitrogen and oxygen atoms in total. The molecule has 0 N–H and O–H groups in total. The van der Waals surface area contributed by atoms with Crippen molar-refractivity contribution in [2.45, 2.75) is 0 Å². The Bertz CT molecular complexity index is 1410. The molecule has 9 heteroatoms. The summed E-state index contributed by atoms with van der Waals surface area (Å²) in [5.41, 5.74) is 2.22. The fourth-order valence-corrected chi connectivity index (χ4v) is 2.89. The molecule has 0 unspecified atom stereocenters. The van der Waals surface area contributed by atoms with Gasteiger partial charge in [-0.15, -0.1) is 4.91 Å². The smallest absolute Gasteiger partial charge is 0.812 e. The van der Waals surface area contributed by atoms with E-state index in [1.807, 2.05) is 36.4 Å². The third-order valence-electron chi connectivity index (χ3n) is 4.13. The summed E-state index contributed by atoms with van der Waals surface area (Å²) in [5.74, 6) is 0. The Morgan fingerprint density at radius 1 is 0.774 bits per heavy atom. The van der Waals surface area contributed by atoms with E-state index in [-0.39, 0.29) is 31.0 Å². The molecule has 0 aliphatic carbocycles. The van der Waals surface area contributed by atoms with E-state index in [2.05, 4.69) is 52.2 Å². The van der Waals surface area contributed by atoms with Crippen molar-refractivity contribution in [3.05, 3.63) is 81.3 Å². The molecule has 0 amide bonds. The standard InChI is InChI=1S/C18H8N4.C4H2N2S2.Pt/c19-9-14-7-5-12-3-1-11-2-4-13-6-8-15(10-20)22-18(13)16(11)17(12)21-14;1-6-4(8)3(7)2-5;/h1-8H;7-8H;/q;;+2/p-2. The van der Waals surface area contributed by atoms with Gasteiger partial charge in [0, 0.05) is 21.2 Å². The van der Waals surface area contributed by atoms with Crippen LogP contribution in [0.2, 0.25) is 0 Å². The molecule has 0 saturated heterocycles. The molecule has 0 bridgehead atoms. The molecule has 148 valence electrons. The molecule has 0 atom stereocenters. The Hall–Kier alpha value is -3.65. The second-order valence-corrected chi connectivity index (χ2v) is 6.64. The van der Waals surface area contributed by atoms with Crippen LogP contribution in [-0.2, 0) is 46.3 Å². The first kappa shape index (κ1) is 23.6. The number of hydrogen-bond acceptors (Lipinski definition) is 7. The second-order valence-electron chi connectivity index (χ2n) is 5.85. The Morgan fingerprint density at radius 2 is 1.19 bits per heavy atom. The number of pyridine rings is 2. The van der Waals surface area contributed by atoms with Gasteiger partial charge in [-0.2, -0.15) is 15.8 Å². The van der Waals surface area contributed by atoms with Crippen LogP contribution in [0.1, 0.15) is 11.4 Å². The summed E-state index contributed by atoms with van der Waals surface area (Å²) in [6.07, 6.45) is 0. The minimum absolute atomic E-state index is 0. The number of aromatic nitrogens is 2. The van der Waals surface area contributed by atoms with Crippen LogP contribution in [0.4, 0.5) is 0 Å². The van der Waals surface area contributed by atoms with E-state index < -0.39 is 0 Å². The Morgan fingerprint density at radius 3 is 1.55 bits per heavy atom. The third-order valence-corrected chi connectivity index (χ3v) is 4.84. The molecule has 0 aliphatic heterocycles. The molecule has 4 aromatic rings. The molecule has 4 rings (SSSR count). The summed E-state index contributed by atoms with van der Waals surface area (Å²) in [4.78, 5) is 11.6. The molecule has 0 aliphatic rings. The molecule has 2 heterocycles. The second kappa shape index (κ2) is 10.4. The van der Waals surface area contributed by atoms with Gasteiger partial charge in [-0.05, 0) is 29.7 Å². The van der Waals surface area contributed by atoms with E-state index in [0.717, 1.165) is 32.6 Å². The van der Waals surface area contributed by atoms with Crippen molar-refractivity contribution >= 4 is 57.8 Å². The minimum Gasteiger partial charge on any atom is -0.812 e. The van der Waals surface area contributed by atoms with Gasteiger partial charge in [-0.1, -0.05) is 24.3 Å². The Labute approximate surface area is 203 Å². The van der Waals surface area contributed by atoms with Gasteiger partial charge in [-0.3, -0.25) is 4.85 Å². The van der Waals surface area contributed by atoms with Gasteiger partial charge in [0.15, 0.2) is 0 Å². The van der Waals surface area contributed by atoms with Gasteiger partial charge in [-0.25, -0.2) is 9.97 Å². The average Bonchev–Trinajstić information content (AvgIpc) is 2.81. The molecule has 0 spiro atoms. The van der Waals surface area contributed by atoms with E-state index in [9.17, 15) is 0 Å². The first-order valence-electron chi connectivity index (χ1n) is 8.31. The summed E-state index contributed by atoms with van der Waals surface area (Å²) < 4.78 is 0. The number of fused-ring (bicyclic) bond motifs is 5. The van der Waals surface area contributed by atoms with Crippen molar-refractivity contribution in [3.63, 3.8) is 0 Å². The first-order valence-corrected chi connectivity index (χ1v) is 9.13. The quantitative estimate of drug-likeness (QED) is 0.125. The van der Waals surface area contributed by atoms with Crippen LogP contribution in [-0.4, -0.2) is 9.97 Å². The van der Waals surface area contributed by atoms with Crippen molar-refractivity contribution in [2.24, 2.45) is 0 Å². The topological polar surface area (TPSA) is 102 Å². The van der Waals surface area contributed by atoms with Crippen LogP contribution in [0.3, 0.4) is 0 Å². The van der Waals surface area contributed by atoms with Gasteiger partial charge in [0.05, 0.1) is 23.7 Å². The van der Waals surface area contributed by atoms with E-state index in [1.54, 1.807) is 18.2 Å². The van der Waals surface area contributed by atoms with E-state index in [0.29, 0.717) is 11.4 Å². The van der Waals surface area contributed by atoms with Gasteiger partial charge in [0.1, 0.15) is 23.5 Å².